The molecular formula is C14H15ClN2O. The Hall–Kier alpha value is -1.35. The zero-order valence-electron chi connectivity index (χ0n) is 10.1. The number of benzene rings is 1. The summed E-state index contributed by atoms with van der Waals surface area (Å²) in [5.74, 6) is 0.989. The van der Waals surface area contributed by atoms with Crippen molar-refractivity contribution >= 4 is 22.5 Å². The highest BCUT2D eigenvalue weighted by molar-refractivity contribution is 6.16. The van der Waals surface area contributed by atoms with Crippen molar-refractivity contribution in [3.05, 3.63) is 40.4 Å². The van der Waals surface area contributed by atoms with Gasteiger partial charge in [0.1, 0.15) is 5.82 Å². The molecule has 0 bridgehead atoms. The first kappa shape index (κ1) is 11.7. The van der Waals surface area contributed by atoms with Crippen LogP contribution in [0.5, 0.6) is 0 Å². The van der Waals surface area contributed by atoms with Gasteiger partial charge < -0.3 is 0 Å². The molecule has 0 saturated heterocycles. The predicted molar refractivity (Wildman–Crippen MR) is 73.1 cm³/mol. The second-order valence-electron chi connectivity index (χ2n) is 4.79. The Morgan fingerprint density at radius 3 is 2.72 bits per heavy atom. The van der Waals surface area contributed by atoms with Crippen molar-refractivity contribution in [2.45, 2.75) is 37.6 Å². The van der Waals surface area contributed by atoms with E-state index in [0.29, 0.717) is 11.2 Å². The highest BCUT2D eigenvalue weighted by atomic mass is 35.5. The summed E-state index contributed by atoms with van der Waals surface area (Å²) in [5, 5.41) is 0.693. The van der Waals surface area contributed by atoms with Crippen LogP contribution in [0.4, 0.5) is 0 Å². The number of alkyl halides is 1. The summed E-state index contributed by atoms with van der Waals surface area (Å²) < 4.78 is 1.82. The second-order valence-corrected chi connectivity index (χ2v) is 5.06. The maximum absolute atomic E-state index is 12.6. The Bertz CT molecular complexity index is 629. The molecule has 18 heavy (non-hydrogen) atoms. The SMILES string of the molecule is O=c1c2ccccc2nc(CCl)n1C1CCCC1. The Kier molecular flexibility index (Phi) is 3.08. The molecule has 1 aliphatic carbocycles. The molecule has 0 atom stereocenters. The zero-order valence-corrected chi connectivity index (χ0v) is 10.9. The average Bonchev–Trinajstić information content (AvgIpc) is 2.92. The molecule has 0 spiro atoms. The topological polar surface area (TPSA) is 34.9 Å². The van der Waals surface area contributed by atoms with Gasteiger partial charge in [-0.05, 0) is 25.0 Å². The number of nitrogens with zero attached hydrogens (tertiary/aromatic N) is 2. The summed E-state index contributed by atoms with van der Waals surface area (Å²) in [7, 11) is 0. The van der Waals surface area contributed by atoms with Crippen LogP contribution in [0.1, 0.15) is 37.5 Å². The number of aromatic nitrogens is 2. The summed E-state index contributed by atoms with van der Waals surface area (Å²) in [4.78, 5) is 17.1. The maximum atomic E-state index is 12.6. The molecule has 1 heterocycles. The van der Waals surface area contributed by atoms with Gasteiger partial charge >= 0.3 is 0 Å². The molecule has 0 N–H and O–H groups in total. The van der Waals surface area contributed by atoms with Gasteiger partial charge in [-0.25, -0.2) is 4.98 Å². The van der Waals surface area contributed by atoms with Crippen LogP contribution >= 0.6 is 11.6 Å². The van der Waals surface area contributed by atoms with E-state index in [2.05, 4.69) is 4.98 Å². The smallest absolute Gasteiger partial charge is 0.261 e. The molecule has 94 valence electrons. The lowest BCUT2D eigenvalue weighted by atomic mass is 10.2. The monoisotopic (exact) mass is 262 g/mol. The second kappa shape index (κ2) is 4.73. The van der Waals surface area contributed by atoms with Gasteiger partial charge in [0, 0.05) is 6.04 Å². The normalized spacial score (nSPS) is 16.5. The molecule has 1 aromatic heterocycles. The van der Waals surface area contributed by atoms with E-state index in [1.807, 2.05) is 28.8 Å². The molecule has 1 saturated carbocycles. The fourth-order valence-corrected chi connectivity index (χ4v) is 3.01. The third kappa shape index (κ3) is 1.83. The van der Waals surface area contributed by atoms with E-state index in [9.17, 15) is 4.79 Å². The minimum absolute atomic E-state index is 0.0585. The molecule has 1 aromatic carbocycles. The summed E-state index contributed by atoms with van der Waals surface area (Å²) in [6.45, 7) is 0. The van der Waals surface area contributed by atoms with Crippen LogP contribution in [-0.2, 0) is 5.88 Å². The fraction of sp³-hybridized carbons (Fsp3) is 0.429. The summed E-state index contributed by atoms with van der Waals surface area (Å²) >= 11 is 5.96. The molecule has 3 rings (SSSR count). The fourth-order valence-electron chi connectivity index (χ4n) is 2.83. The third-order valence-electron chi connectivity index (χ3n) is 3.69. The quantitative estimate of drug-likeness (QED) is 0.779. The molecule has 0 amide bonds. The zero-order chi connectivity index (χ0) is 12.5. The Balaban J connectivity index is 2.28. The van der Waals surface area contributed by atoms with Crippen molar-refractivity contribution in [2.24, 2.45) is 0 Å². The van der Waals surface area contributed by atoms with E-state index in [4.69, 9.17) is 11.6 Å². The van der Waals surface area contributed by atoms with Gasteiger partial charge in [0.05, 0.1) is 16.8 Å². The Labute approximate surface area is 110 Å². The number of para-hydroxylation sites is 1. The van der Waals surface area contributed by atoms with Gasteiger partial charge in [0.2, 0.25) is 0 Å². The van der Waals surface area contributed by atoms with Gasteiger partial charge in [0.25, 0.3) is 5.56 Å². The number of hydrogen-bond donors (Lipinski definition) is 0. The van der Waals surface area contributed by atoms with Crippen molar-refractivity contribution < 1.29 is 0 Å². The molecule has 0 unspecified atom stereocenters. The summed E-state index contributed by atoms with van der Waals surface area (Å²) in [5.41, 5.74) is 0.801. The van der Waals surface area contributed by atoms with E-state index in [1.54, 1.807) is 0 Å². The van der Waals surface area contributed by atoms with E-state index < -0.39 is 0 Å². The predicted octanol–water partition coefficient (Wildman–Crippen LogP) is 3.25. The highest BCUT2D eigenvalue weighted by Gasteiger charge is 2.22. The van der Waals surface area contributed by atoms with E-state index in [1.165, 1.54) is 12.8 Å². The number of rotatable bonds is 2. The van der Waals surface area contributed by atoms with Crippen LogP contribution in [0.2, 0.25) is 0 Å². The van der Waals surface area contributed by atoms with Crippen molar-refractivity contribution in [2.75, 3.05) is 0 Å². The van der Waals surface area contributed by atoms with Crippen molar-refractivity contribution in [1.82, 2.24) is 9.55 Å². The first-order valence-corrected chi connectivity index (χ1v) is 6.91. The minimum Gasteiger partial charge on any atom is -0.292 e. The maximum Gasteiger partial charge on any atom is 0.261 e. The first-order chi connectivity index (χ1) is 8.81. The lowest BCUT2D eigenvalue weighted by Crippen LogP contribution is -2.27. The molecule has 1 aliphatic rings. The number of halogens is 1. The lowest BCUT2D eigenvalue weighted by molar-refractivity contribution is 0.484. The highest BCUT2D eigenvalue weighted by Crippen LogP contribution is 2.29. The number of fused-ring (bicyclic) bond motifs is 1. The standard InChI is InChI=1S/C14H15ClN2O/c15-9-13-16-12-8-4-3-7-11(12)14(18)17(13)10-5-1-2-6-10/h3-4,7-8,10H,1-2,5-6,9H2. The third-order valence-corrected chi connectivity index (χ3v) is 3.93. The molecule has 1 fully saturated rings. The van der Waals surface area contributed by atoms with Crippen molar-refractivity contribution in [3.63, 3.8) is 0 Å². The largest absolute Gasteiger partial charge is 0.292 e. The van der Waals surface area contributed by atoms with Gasteiger partial charge in [0.15, 0.2) is 0 Å². The lowest BCUT2D eigenvalue weighted by Gasteiger charge is -2.17. The summed E-state index contributed by atoms with van der Waals surface area (Å²) in [6, 6.07) is 7.76. The van der Waals surface area contributed by atoms with Crippen molar-refractivity contribution in [3.8, 4) is 0 Å². The van der Waals surface area contributed by atoms with Crippen LogP contribution in [0, 0.1) is 0 Å². The average molecular weight is 263 g/mol. The molecule has 0 radical (unpaired) electrons. The summed E-state index contributed by atoms with van der Waals surface area (Å²) in [6.07, 6.45) is 4.49. The van der Waals surface area contributed by atoms with Gasteiger partial charge in [-0.15, -0.1) is 11.6 Å². The van der Waals surface area contributed by atoms with Crippen LogP contribution in [-0.4, -0.2) is 9.55 Å². The molecule has 0 aliphatic heterocycles. The van der Waals surface area contributed by atoms with E-state index in [0.717, 1.165) is 18.4 Å². The Morgan fingerprint density at radius 2 is 2.00 bits per heavy atom. The van der Waals surface area contributed by atoms with Crippen LogP contribution in [0.25, 0.3) is 10.9 Å². The van der Waals surface area contributed by atoms with Crippen LogP contribution in [0.15, 0.2) is 29.1 Å². The van der Waals surface area contributed by atoms with Gasteiger partial charge in [-0.3, -0.25) is 9.36 Å². The molecule has 4 heteroatoms. The van der Waals surface area contributed by atoms with Gasteiger partial charge in [-0.2, -0.15) is 0 Å². The van der Waals surface area contributed by atoms with Crippen molar-refractivity contribution in [1.29, 1.82) is 0 Å². The minimum atomic E-state index is 0.0585. The molecular weight excluding hydrogens is 248 g/mol. The molecule has 3 nitrogen and oxygen atoms in total. The van der Waals surface area contributed by atoms with Crippen LogP contribution < -0.4 is 5.56 Å². The Morgan fingerprint density at radius 1 is 1.28 bits per heavy atom. The van der Waals surface area contributed by atoms with Crippen LogP contribution in [0.3, 0.4) is 0 Å². The van der Waals surface area contributed by atoms with E-state index >= 15 is 0 Å². The number of hydrogen-bond acceptors (Lipinski definition) is 2. The van der Waals surface area contributed by atoms with Gasteiger partial charge in [-0.1, -0.05) is 25.0 Å². The first-order valence-electron chi connectivity index (χ1n) is 6.37. The molecule has 2 aromatic rings. The van der Waals surface area contributed by atoms with E-state index in [-0.39, 0.29) is 17.5 Å².